The van der Waals surface area contributed by atoms with Gasteiger partial charge in [0.15, 0.2) is 0 Å². The molecular weight excluding hydrogens is 366 g/mol. The van der Waals surface area contributed by atoms with Crippen LogP contribution in [0.15, 0.2) is 48.5 Å². The van der Waals surface area contributed by atoms with Gasteiger partial charge in [0.2, 0.25) is 0 Å². The Kier molecular flexibility index (Phi) is 6.32. The van der Waals surface area contributed by atoms with Gasteiger partial charge < -0.3 is 0 Å². The quantitative estimate of drug-likeness (QED) is 0.710. The highest BCUT2D eigenvalue weighted by molar-refractivity contribution is 6.30. The van der Waals surface area contributed by atoms with Crippen molar-refractivity contribution in [2.24, 2.45) is 0 Å². The van der Waals surface area contributed by atoms with Crippen LogP contribution in [0.3, 0.4) is 0 Å². The summed E-state index contributed by atoms with van der Waals surface area (Å²) in [4.78, 5) is 5.28. The lowest BCUT2D eigenvalue weighted by molar-refractivity contribution is 0.0647. The fourth-order valence-electron chi connectivity index (χ4n) is 4.84. The molecule has 2 fully saturated rings. The van der Waals surface area contributed by atoms with Crippen LogP contribution in [0.25, 0.3) is 0 Å². The molecular formula is C24H28ClN3. The predicted molar refractivity (Wildman–Crippen MR) is 114 cm³/mol. The first-order valence-corrected chi connectivity index (χ1v) is 10.9. The van der Waals surface area contributed by atoms with Gasteiger partial charge in [-0.15, -0.1) is 0 Å². The van der Waals surface area contributed by atoms with E-state index in [1.54, 1.807) is 0 Å². The molecule has 1 atom stereocenters. The van der Waals surface area contributed by atoms with Gasteiger partial charge in [-0.1, -0.05) is 55.1 Å². The van der Waals surface area contributed by atoms with Crippen LogP contribution in [-0.2, 0) is 0 Å². The minimum atomic E-state index is 0.166. The Morgan fingerprint density at radius 1 is 0.893 bits per heavy atom. The first kappa shape index (κ1) is 19.5. The molecule has 0 aromatic heterocycles. The highest BCUT2D eigenvalue weighted by atomic mass is 35.5. The summed E-state index contributed by atoms with van der Waals surface area (Å²) in [5.74, 6) is 0. The number of nitriles is 1. The molecule has 2 aromatic carbocycles. The van der Waals surface area contributed by atoms with Crippen LogP contribution in [0.4, 0.5) is 0 Å². The smallest absolute Gasteiger partial charge is 0.0991 e. The van der Waals surface area contributed by atoms with Crippen molar-refractivity contribution in [1.82, 2.24) is 9.80 Å². The van der Waals surface area contributed by atoms with Crippen LogP contribution in [0.2, 0.25) is 5.02 Å². The standard InChI is InChI=1S/C24H28ClN3/c25-22-11-9-20(10-12-22)24(21-6-4-5-19(17-21)18-26)28-15-13-27(14-16-28)23-7-2-1-3-8-23/h4-6,9-12,17,23-24H,1-3,7-8,13-16H2. The maximum atomic E-state index is 9.35. The Morgan fingerprint density at radius 2 is 1.61 bits per heavy atom. The highest BCUT2D eigenvalue weighted by Gasteiger charge is 2.30. The largest absolute Gasteiger partial charge is 0.298 e. The number of halogens is 1. The van der Waals surface area contributed by atoms with E-state index < -0.39 is 0 Å². The molecule has 2 aliphatic rings. The van der Waals surface area contributed by atoms with E-state index in [9.17, 15) is 5.26 Å². The fraction of sp³-hybridized carbons (Fsp3) is 0.458. The summed E-state index contributed by atoms with van der Waals surface area (Å²) in [5.41, 5.74) is 3.15. The molecule has 0 spiro atoms. The van der Waals surface area contributed by atoms with Crippen molar-refractivity contribution in [2.45, 2.75) is 44.2 Å². The van der Waals surface area contributed by atoms with Crippen LogP contribution >= 0.6 is 11.6 Å². The minimum Gasteiger partial charge on any atom is -0.298 e. The van der Waals surface area contributed by atoms with Gasteiger partial charge in [-0.3, -0.25) is 9.80 Å². The van der Waals surface area contributed by atoms with E-state index in [1.165, 1.54) is 43.2 Å². The molecule has 0 bridgehead atoms. The molecule has 0 radical (unpaired) electrons. The third-order valence-corrected chi connectivity index (χ3v) is 6.57. The lowest BCUT2D eigenvalue weighted by Crippen LogP contribution is -2.51. The van der Waals surface area contributed by atoms with Crippen LogP contribution < -0.4 is 0 Å². The van der Waals surface area contributed by atoms with Crippen molar-refractivity contribution < 1.29 is 0 Å². The second-order valence-corrected chi connectivity index (χ2v) is 8.49. The molecule has 1 aliphatic heterocycles. The van der Waals surface area contributed by atoms with Crippen molar-refractivity contribution in [3.63, 3.8) is 0 Å². The lowest BCUT2D eigenvalue weighted by Gasteiger charge is -2.43. The van der Waals surface area contributed by atoms with Gasteiger partial charge in [-0.2, -0.15) is 5.26 Å². The summed E-state index contributed by atoms with van der Waals surface area (Å²) in [6.07, 6.45) is 6.92. The zero-order chi connectivity index (χ0) is 19.3. The van der Waals surface area contributed by atoms with E-state index in [0.29, 0.717) is 0 Å². The molecule has 4 rings (SSSR count). The van der Waals surface area contributed by atoms with E-state index in [0.717, 1.165) is 42.8 Å². The number of piperazine rings is 1. The Balaban J connectivity index is 1.55. The summed E-state index contributed by atoms with van der Waals surface area (Å²) >= 11 is 6.14. The SMILES string of the molecule is N#Cc1cccc(C(c2ccc(Cl)cc2)N2CCN(C3CCCCC3)CC2)c1. The van der Waals surface area contributed by atoms with Gasteiger partial charge in [-0.25, -0.2) is 0 Å². The van der Waals surface area contributed by atoms with E-state index >= 15 is 0 Å². The second kappa shape index (κ2) is 9.09. The fourth-order valence-corrected chi connectivity index (χ4v) is 4.97. The molecule has 28 heavy (non-hydrogen) atoms. The monoisotopic (exact) mass is 393 g/mol. The normalized spacial score (nSPS) is 20.6. The third kappa shape index (κ3) is 4.41. The Bertz CT molecular complexity index is 812. The average Bonchev–Trinajstić information content (AvgIpc) is 2.76. The molecule has 1 saturated heterocycles. The van der Waals surface area contributed by atoms with Gasteiger partial charge >= 0.3 is 0 Å². The van der Waals surface area contributed by atoms with E-state index in [1.807, 2.05) is 30.3 Å². The summed E-state index contributed by atoms with van der Waals surface area (Å²) in [7, 11) is 0. The van der Waals surface area contributed by atoms with Gasteiger partial charge in [0.25, 0.3) is 0 Å². The zero-order valence-corrected chi connectivity index (χ0v) is 17.1. The number of hydrogen-bond acceptors (Lipinski definition) is 3. The molecule has 3 nitrogen and oxygen atoms in total. The first-order valence-electron chi connectivity index (χ1n) is 10.5. The van der Waals surface area contributed by atoms with Crippen molar-refractivity contribution in [2.75, 3.05) is 26.2 Å². The molecule has 0 amide bonds. The molecule has 1 heterocycles. The molecule has 1 unspecified atom stereocenters. The van der Waals surface area contributed by atoms with E-state index in [-0.39, 0.29) is 6.04 Å². The van der Waals surface area contributed by atoms with Crippen LogP contribution in [0.1, 0.15) is 54.8 Å². The number of hydrogen-bond donors (Lipinski definition) is 0. The number of rotatable bonds is 4. The van der Waals surface area contributed by atoms with E-state index in [4.69, 9.17) is 11.6 Å². The van der Waals surface area contributed by atoms with Crippen molar-refractivity contribution >= 4 is 11.6 Å². The number of benzene rings is 2. The maximum Gasteiger partial charge on any atom is 0.0991 e. The molecule has 1 aliphatic carbocycles. The Morgan fingerprint density at radius 3 is 2.29 bits per heavy atom. The van der Waals surface area contributed by atoms with Gasteiger partial charge in [-0.05, 0) is 48.2 Å². The van der Waals surface area contributed by atoms with Crippen molar-refractivity contribution in [1.29, 1.82) is 5.26 Å². The molecule has 1 saturated carbocycles. The maximum absolute atomic E-state index is 9.35. The minimum absolute atomic E-state index is 0.166. The zero-order valence-electron chi connectivity index (χ0n) is 16.4. The van der Waals surface area contributed by atoms with Crippen molar-refractivity contribution in [3.05, 3.63) is 70.2 Å². The lowest BCUT2D eigenvalue weighted by atomic mass is 9.92. The molecule has 4 heteroatoms. The van der Waals surface area contributed by atoms with Crippen LogP contribution in [-0.4, -0.2) is 42.0 Å². The van der Waals surface area contributed by atoms with Crippen LogP contribution in [0.5, 0.6) is 0 Å². The average molecular weight is 394 g/mol. The first-order chi connectivity index (χ1) is 13.7. The van der Waals surface area contributed by atoms with Gasteiger partial charge in [0.05, 0.1) is 17.7 Å². The predicted octanol–water partition coefficient (Wildman–Crippen LogP) is 5.25. The van der Waals surface area contributed by atoms with Gasteiger partial charge in [0, 0.05) is 37.2 Å². The Labute approximate surface area is 173 Å². The highest BCUT2D eigenvalue weighted by Crippen LogP contribution is 2.32. The molecule has 146 valence electrons. The van der Waals surface area contributed by atoms with E-state index in [2.05, 4.69) is 34.1 Å². The Hall–Kier alpha value is -1.86. The topological polar surface area (TPSA) is 30.3 Å². The van der Waals surface area contributed by atoms with Crippen molar-refractivity contribution in [3.8, 4) is 6.07 Å². The molecule has 0 N–H and O–H groups in total. The van der Waals surface area contributed by atoms with Gasteiger partial charge in [0.1, 0.15) is 0 Å². The summed E-state index contributed by atoms with van der Waals surface area (Å²) < 4.78 is 0. The number of nitrogens with zero attached hydrogens (tertiary/aromatic N) is 3. The molecule has 2 aromatic rings. The summed E-state index contributed by atoms with van der Waals surface area (Å²) in [6.45, 7) is 4.38. The second-order valence-electron chi connectivity index (χ2n) is 8.06. The third-order valence-electron chi connectivity index (χ3n) is 6.32. The summed E-state index contributed by atoms with van der Waals surface area (Å²) in [5, 5.41) is 10.1. The summed E-state index contributed by atoms with van der Waals surface area (Å²) in [6, 6.07) is 19.5. The van der Waals surface area contributed by atoms with Crippen LogP contribution in [0, 0.1) is 11.3 Å².